The van der Waals surface area contributed by atoms with E-state index in [0.29, 0.717) is 11.1 Å². The SMILES string of the molecule is COC(=O)C1=CC=C(c2ccccc2)[C@]12C(=O)N(C)c1c(F)cccc12. The van der Waals surface area contributed by atoms with E-state index in [9.17, 15) is 14.0 Å². The molecule has 26 heavy (non-hydrogen) atoms. The third kappa shape index (κ3) is 1.88. The first-order chi connectivity index (χ1) is 12.5. The Balaban J connectivity index is 2.05. The third-order valence-corrected chi connectivity index (χ3v) is 5.07. The van der Waals surface area contributed by atoms with E-state index in [2.05, 4.69) is 0 Å². The number of ether oxygens (including phenoxy) is 1. The fourth-order valence-corrected chi connectivity index (χ4v) is 3.97. The standard InChI is InChI=1S/C21H16FNO3/c1-23-18-15(9-6-10-17(18)22)21(20(23)25)14(13-7-4-3-5-8-13)11-12-16(21)19(24)26-2/h3-12H,1-2H3/t21-/m1/s1. The van der Waals surface area contributed by atoms with Gasteiger partial charge in [-0.25, -0.2) is 9.18 Å². The van der Waals surface area contributed by atoms with E-state index in [-0.39, 0.29) is 17.2 Å². The van der Waals surface area contributed by atoms with Gasteiger partial charge in [0.05, 0.1) is 18.4 Å². The zero-order valence-corrected chi connectivity index (χ0v) is 14.3. The van der Waals surface area contributed by atoms with Crippen molar-refractivity contribution in [2.75, 3.05) is 19.1 Å². The van der Waals surface area contributed by atoms with Crippen molar-refractivity contribution >= 4 is 23.1 Å². The van der Waals surface area contributed by atoms with Crippen LogP contribution >= 0.6 is 0 Å². The second-order valence-corrected chi connectivity index (χ2v) is 6.27. The average Bonchev–Trinajstić information content (AvgIpc) is 3.16. The van der Waals surface area contributed by atoms with Gasteiger partial charge in [-0.3, -0.25) is 4.79 Å². The maximum atomic E-state index is 14.5. The van der Waals surface area contributed by atoms with Gasteiger partial charge in [-0.2, -0.15) is 0 Å². The smallest absolute Gasteiger partial charge is 0.335 e. The number of carbonyl (C=O) groups is 2. The summed E-state index contributed by atoms with van der Waals surface area (Å²) in [6.07, 6.45) is 3.34. The van der Waals surface area contributed by atoms with Gasteiger partial charge in [0.25, 0.3) is 0 Å². The largest absolute Gasteiger partial charge is 0.466 e. The summed E-state index contributed by atoms with van der Waals surface area (Å²) in [5.41, 5.74) is 0.868. The number of amides is 1. The Morgan fingerprint density at radius 2 is 1.81 bits per heavy atom. The van der Waals surface area contributed by atoms with Crippen molar-refractivity contribution in [3.05, 3.63) is 83.2 Å². The first kappa shape index (κ1) is 16.3. The van der Waals surface area contributed by atoms with Crippen molar-refractivity contribution < 1.29 is 18.7 Å². The first-order valence-corrected chi connectivity index (χ1v) is 8.17. The molecule has 0 N–H and O–H groups in total. The molecule has 2 aromatic rings. The molecule has 1 heterocycles. The van der Waals surface area contributed by atoms with Crippen LogP contribution in [0.4, 0.5) is 10.1 Å². The summed E-state index contributed by atoms with van der Waals surface area (Å²) in [4.78, 5) is 27.2. The van der Waals surface area contributed by atoms with Crippen molar-refractivity contribution in [2.45, 2.75) is 5.41 Å². The quantitative estimate of drug-likeness (QED) is 0.782. The zero-order chi connectivity index (χ0) is 18.5. The summed E-state index contributed by atoms with van der Waals surface area (Å²) in [5.74, 6) is -1.48. The topological polar surface area (TPSA) is 46.6 Å². The van der Waals surface area contributed by atoms with Crippen LogP contribution in [0.3, 0.4) is 0 Å². The maximum absolute atomic E-state index is 14.5. The molecule has 1 amide bonds. The van der Waals surface area contributed by atoms with E-state index in [1.807, 2.05) is 30.3 Å². The van der Waals surface area contributed by atoms with Crippen molar-refractivity contribution in [1.82, 2.24) is 0 Å². The Morgan fingerprint density at radius 1 is 1.08 bits per heavy atom. The number of nitrogens with zero attached hydrogens (tertiary/aromatic N) is 1. The molecule has 0 fully saturated rings. The molecule has 1 atom stereocenters. The van der Waals surface area contributed by atoms with Gasteiger partial charge in [-0.1, -0.05) is 48.5 Å². The lowest BCUT2D eigenvalue weighted by Crippen LogP contribution is -2.42. The van der Waals surface area contributed by atoms with E-state index in [1.54, 1.807) is 24.3 Å². The molecule has 0 aromatic heterocycles. The first-order valence-electron chi connectivity index (χ1n) is 8.17. The average molecular weight is 349 g/mol. The van der Waals surface area contributed by atoms with Gasteiger partial charge in [0, 0.05) is 12.6 Å². The highest BCUT2D eigenvalue weighted by Gasteiger charge is 2.59. The van der Waals surface area contributed by atoms with Gasteiger partial charge < -0.3 is 9.64 Å². The summed E-state index contributed by atoms with van der Waals surface area (Å²) in [6, 6.07) is 13.9. The Kier molecular flexibility index (Phi) is 3.54. The number of carbonyl (C=O) groups excluding carboxylic acids is 2. The minimum atomic E-state index is -1.40. The number of allylic oxidation sites excluding steroid dienone is 2. The van der Waals surface area contributed by atoms with Gasteiger partial charge in [0.15, 0.2) is 0 Å². The highest BCUT2D eigenvalue weighted by Crippen LogP contribution is 2.56. The lowest BCUT2D eigenvalue weighted by molar-refractivity contribution is -0.137. The molecule has 0 saturated heterocycles. The Morgan fingerprint density at radius 3 is 2.50 bits per heavy atom. The lowest BCUT2D eigenvalue weighted by atomic mass is 9.70. The van der Waals surface area contributed by atoms with Gasteiger partial charge in [0.1, 0.15) is 11.2 Å². The Bertz CT molecular complexity index is 994. The highest BCUT2D eigenvalue weighted by molar-refractivity contribution is 6.24. The molecule has 1 aliphatic carbocycles. The Hall–Kier alpha value is -3.21. The van der Waals surface area contributed by atoms with Crippen molar-refractivity contribution in [2.24, 2.45) is 0 Å². The van der Waals surface area contributed by atoms with Crippen LogP contribution in [-0.4, -0.2) is 26.0 Å². The van der Waals surface area contributed by atoms with Crippen LogP contribution in [0, 0.1) is 5.82 Å². The number of anilines is 1. The van der Waals surface area contributed by atoms with E-state index < -0.39 is 17.2 Å². The summed E-state index contributed by atoms with van der Waals surface area (Å²) in [6.45, 7) is 0. The number of methoxy groups -OCH3 is 1. The van der Waals surface area contributed by atoms with Crippen molar-refractivity contribution in [3.8, 4) is 0 Å². The fourth-order valence-electron chi connectivity index (χ4n) is 3.97. The van der Waals surface area contributed by atoms with Gasteiger partial charge >= 0.3 is 5.97 Å². The lowest BCUT2D eigenvalue weighted by Gasteiger charge is -2.29. The van der Waals surface area contributed by atoms with E-state index in [0.717, 1.165) is 5.56 Å². The number of hydrogen-bond acceptors (Lipinski definition) is 3. The monoisotopic (exact) mass is 349 g/mol. The van der Waals surface area contributed by atoms with Crippen LogP contribution in [0.5, 0.6) is 0 Å². The summed E-state index contributed by atoms with van der Waals surface area (Å²) < 4.78 is 19.5. The molecule has 130 valence electrons. The molecule has 4 rings (SSSR count). The molecule has 0 radical (unpaired) electrons. The van der Waals surface area contributed by atoms with Crippen molar-refractivity contribution in [1.29, 1.82) is 0 Å². The predicted octanol–water partition coefficient (Wildman–Crippen LogP) is 3.24. The molecule has 2 aromatic carbocycles. The van der Waals surface area contributed by atoms with Crippen LogP contribution < -0.4 is 4.90 Å². The van der Waals surface area contributed by atoms with E-state index in [1.165, 1.54) is 25.1 Å². The van der Waals surface area contributed by atoms with Crippen LogP contribution in [0.15, 0.2) is 66.3 Å². The van der Waals surface area contributed by atoms with Crippen LogP contribution in [0.2, 0.25) is 0 Å². The molecular formula is C21H16FNO3. The summed E-state index contributed by atoms with van der Waals surface area (Å²) >= 11 is 0. The van der Waals surface area contributed by atoms with Crippen LogP contribution in [0.1, 0.15) is 11.1 Å². The fraction of sp³-hybridized carbons (Fsp3) is 0.143. The molecule has 1 spiro atoms. The number of esters is 1. The minimum Gasteiger partial charge on any atom is -0.466 e. The molecule has 0 saturated carbocycles. The molecule has 0 unspecified atom stereocenters. The number of benzene rings is 2. The molecule has 1 aliphatic heterocycles. The zero-order valence-electron chi connectivity index (χ0n) is 14.3. The number of halogens is 1. The summed E-state index contributed by atoms with van der Waals surface area (Å²) in [5, 5.41) is 0. The van der Waals surface area contributed by atoms with Gasteiger partial charge in [-0.05, 0) is 23.3 Å². The molecule has 0 bridgehead atoms. The van der Waals surface area contributed by atoms with Crippen LogP contribution in [0.25, 0.3) is 5.57 Å². The number of hydrogen-bond donors (Lipinski definition) is 0. The summed E-state index contributed by atoms with van der Waals surface area (Å²) in [7, 11) is 2.79. The maximum Gasteiger partial charge on any atom is 0.335 e. The van der Waals surface area contributed by atoms with E-state index in [4.69, 9.17) is 4.74 Å². The molecule has 4 nitrogen and oxygen atoms in total. The molecule has 5 heteroatoms. The number of para-hydroxylation sites is 1. The number of rotatable bonds is 2. The minimum absolute atomic E-state index is 0.191. The van der Waals surface area contributed by atoms with E-state index >= 15 is 0 Å². The van der Waals surface area contributed by atoms with Crippen LogP contribution in [-0.2, 0) is 19.7 Å². The second-order valence-electron chi connectivity index (χ2n) is 6.27. The van der Waals surface area contributed by atoms with Gasteiger partial charge in [0.2, 0.25) is 5.91 Å². The molecule has 2 aliphatic rings. The predicted molar refractivity (Wildman–Crippen MR) is 96.0 cm³/mol. The Labute approximate surface area is 150 Å². The highest BCUT2D eigenvalue weighted by atomic mass is 19.1. The normalized spacial score (nSPS) is 20.9. The number of likely N-dealkylation sites (N-methyl/N-ethyl adjacent to an activating group) is 1. The third-order valence-electron chi connectivity index (χ3n) is 5.07. The van der Waals surface area contributed by atoms with Gasteiger partial charge in [-0.15, -0.1) is 0 Å². The number of fused-ring (bicyclic) bond motifs is 2. The van der Waals surface area contributed by atoms with Crippen molar-refractivity contribution in [3.63, 3.8) is 0 Å². The molecular weight excluding hydrogens is 333 g/mol. The second kappa shape index (κ2) is 5.66.